The molecule has 1 atom stereocenters. The van der Waals surface area contributed by atoms with Gasteiger partial charge < -0.3 is 10.2 Å². The predicted molar refractivity (Wildman–Crippen MR) is 98.9 cm³/mol. The first kappa shape index (κ1) is 19.7. The molecular formula is C17H24N4O5S. The highest BCUT2D eigenvalue weighted by atomic mass is 32.2. The van der Waals surface area contributed by atoms with E-state index in [2.05, 4.69) is 5.32 Å². The monoisotopic (exact) mass is 396 g/mol. The molecule has 0 spiro atoms. The van der Waals surface area contributed by atoms with Crippen molar-refractivity contribution in [1.29, 1.82) is 0 Å². The average Bonchev–Trinajstić information content (AvgIpc) is 2.64. The number of carbonyl (C=O) groups is 1. The lowest BCUT2D eigenvalue weighted by molar-refractivity contribution is -0.387. The fourth-order valence-corrected chi connectivity index (χ4v) is 5.40. The van der Waals surface area contributed by atoms with Crippen LogP contribution < -0.4 is 5.32 Å². The molecule has 2 heterocycles. The number of hydrogen-bond acceptors (Lipinski definition) is 6. The molecule has 1 aromatic carbocycles. The van der Waals surface area contributed by atoms with E-state index in [0.29, 0.717) is 37.2 Å². The molecule has 0 bridgehead atoms. The van der Waals surface area contributed by atoms with Gasteiger partial charge in [0.2, 0.25) is 15.9 Å². The normalized spacial score (nSPS) is 22.1. The van der Waals surface area contributed by atoms with Gasteiger partial charge in [-0.3, -0.25) is 14.9 Å². The molecule has 2 fully saturated rings. The number of nitrogens with zero attached hydrogens (tertiary/aromatic N) is 3. The Morgan fingerprint density at radius 1 is 1.22 bits per heavy atom. The molecule has 0 saturated carbocycles. The molecule has 0 radical (unpaired) electrons. The standard InChI is InChI=1S/C17H24N4O5S/c1-12-8-15(21(23)24)16(9-13(12)2)27(25,26)19-6-3-4-14(11-19)20-7-5-18-10-17(20)22/h8-9,14,18H,3-7,10-11H2,1-2H3. The first-order valence-electron chi connectivity index (χ1n) is 8.98. The molecule has 3 rings (SSSR count). The van der Waals surface area contributed by atoms with Gasteiger partial charge in [0.25, 0.3) is 5.69 Å². The number of amides is 1. The molecule has 2 aliphatic rings. The molecule has 9 nitrogen and oxygen atoms in total. The highest BCUT2D eigenvalue weighted by Crippen LogP contribution is 2.31. The summed E-state index contributed by atoms with van der Waals surface area (Å²) in [4.78, 5) is 24.4. The summed E-state index contributed by atoms with van der Waals surface area (Å²) in [6, 6.07) is 2.49. The van der Waals surface area contributed by atoms with Crippen LogP contribution in [0.15, 0.2) is 17.0 Å². The van der Waals surface area contributed by atoms with Crippen molar-refractivity contribution in [2.75, 3.05) is 32.7 Å². The smallest absolute Gasteiger partial charge is 0.289 e. The third kappa shape index (κ3) is 3.83. The number of hydrogen-bond donors (Lipinski definition) is 1. The van der Waals surface area contributed by atoms with Gasteiger partial charge in [-0.05, 0) is 43.9 Å². The second-order valence-corrected chi connectivity index (χ2v) is 8.99. The van der Waals surface area contributed by atoms with Crippen molar-refractivity contribution in [3.8, 4) is 0 Å². The fraction of sp³-hybridized carbons (Fsp3) is 0.588. The van der Waals surface area contributed by atoms with Gasteiger partial charge >= 0.3 is 0 Å². The highest BCUT2D eigenvalue weighted by Gasteiger charge is 2.38. The summed E-state index contributed by atoms with van der Waals surface area (Å²) in [7, 11) is -4.03. The van der Waals surface area contributed by atoms with E-state index >= 15 is 0 Å². The summed E-state index contributed by atoms with van der Waals surface area (Å²) in [6.07, 6.45) is 1.34. The van der Waals surface area contributed by atoms with E-state index in [1.165, 1.54) is 16.4 Å². The zero-order valence-corrected chi connectivity index (χ0v) is 16.3. The third-order valence-electron chi connectivity index (χ3n) is 5.32. The first-order chi connectivity index (χ1) is 12.7. The van der Waals surface area contributed by atoms with Crippen molar-refractivity contribution in [3.63, 3.8) is 0 Å². The summed E-state index contributed by atoms with van der Waals surface area (Å²) in [5.74, 6) is -0.0392. The molecular weight excluding hydrogens is 372 g/mol. The minimum absolute atomic E-state index is 0.0392. The van der Waals surface area contributed by atoms with Crippen LogP contribution in [0.25, 0.3) is 0 Å². The van der Waals surface area contributed by atoms with Crippen LogP contribution in [0.3, 0.4) is 0 Å². The van der Waals surface area contributed by atoms with Crippen molar-refractivity contribution in [3.05, 3.63) is 33.4 Å². The molecule has 2 aliphatic heterocycles. The van der Waals surface area contributed by atoms with Crippen LogP contribution in [-0.4, -0.2) is 67.2 Å². The van der Waals surface area contributed by atoms with E-state index in [1.54, 1.807) is 18.7 Å². The summed E-state index contributed by atoms with van der Waals surface area (Å²) in [5.41, 5.74) is 0.951. The Morgan fingerprint density at radius 3 is 2.59 bits per heavy atom. The molecule has 10 heteroatoms. The maximum absolute atomic E-state index is 13.2. The molecule has 1 amide bonds. The summed E-state index contributed by atoms with van der Waals surface area (Å²) < 4.78 is 27.7. The fourth-order valence-electron chi connectivity index (χ4n) is 3.66. The number of nitro groups is 1. The Morgan fingerprint density at radius 2 is 1.93 bits per heavy atom. The number of nitro benzene ring substituents is 1. The Labute approximate surface area is 158 Å². The maximum atomic E-state index is 13.2. The number of piperazine rings is 1. The second kappa shape index (κ2) is 7.53. The minimum atomic E-state index is -4.03. The summed E-state index contributed by atoms with van der Waals surface area (Å²) in [6.45, 7) is 5.38. The number of sulfonamides is 1. The summed E-state index contributed by atoms with van der Waals surface area (Å²) in [5, 5.41) is 14.4. The molecule has 148 valence electrons. The van der Waals surface area contributed by atoms with E-state index in [9.17, 15) is 23.3 Å². The lowest BCUT2D eigenvalue weighted by Crippen LogP contribution is -2.57. The van der Waals surface area contributed by atoms with Crippen molar-refractivity contribution >= 4 is 21.6 Å². The molecule has 0 aliphatic carbocycles. The molecule has 2 saturated heterocycles. The van der Waals surface area contributed by atoms with Gasteiger partial charge in [-0.15, -0.1) is 0 Å². The van der Waals surface area contributed by atoms with Gasteiger partial charge in [0.1, 0.15) is 0 Å². The molecule has 1 aromatic rings. The predicted octanol–water partition coefficient (Wildman–Crippen LogP) is 0.797. The largest absolute Gasteiger partial charge is 0.336 e. The number of carbonyl (C=O) groups excluding carboxylic acids is 1. The van der Waals surface area contributed by atoms with Crippen LogP contribution in [0.2, 0.25) is 0 Å². The number of benzene rings is 1. The van der Waals surface area contributed by atoms with Gasteiger partial charge in [-0.25, -0.2) is 8.42 Å². The zero-order chi connectivity index (χ0) is 19.8. The van der Waals surface area contributed by atoms with Crippen molar-refractivity contribution in [2.24, 2.45) is 0 Å². The Hall–Kier alpha value is -2.04. The number of piperidine rings is 1. The van der Waals surface area contributed by atoms with Gasteiger partial charge in [0.05, 0.1) is 11.5 Å². The maximum Gasteiger partial charge on any atom is 0.289 e. The third-order valence-corrected chi connectivity index (χ3v) is 7.21. The molecule has 1 unspecified atom stereocenters. The molecule has 27 heavy (non-hydrogen) atoms. The first-order valence-corrected chi connectivity index (χ1v) is 10.4. The van der Waals surface area contributed by atoms with E-state index in [0.717, 1.165) is 6.42 Å². The Bertz CT molecular complexity index is 870. The Kier molecular flexibility index (Phi) is 5.50. The number of rotatable bonds is 4. The molecule has 1 N–H and O–H groups in total. The van der Waals surface area contributed by atoms with Gasteiger partial charge in [0.15, 0.2) is 4.90 Å². The van der Waals surface area contributed by atoms with Crippen LogP contribution in [-0.2, 0) is 14.8 Å². The topological polar surface area (TPSA) is 113 Å². The average molecular weight is 396 g/mol. The van der Waals surface area contributed by atoms with Crippen LogP contribution in [0.4, 0.5) is 5.69 Å². The zero-order valence-electron chi connectivity index (χ0n) is 15.5. The van der Waals surface area contributed by atoms with Gasteiger partial charge in [-0.1, -0.05) is 0 Å². The van der Waals surface area contributed by atoms with Crippen LogP contribution >= 0.6 is 0 Å². The van der Waals surface area contributed by atoms with Crippen LogP contribution in [0.5, 0.6) is 0 Å². The van der Waals surface area contributed by atoms with Crippen molar-refractivity contribution < 1.29 is 18.1 Å². The van der Waals surface area contributed by atoms with Crippen molar-refractivity contribution in [1.82, 2.24) is 14.5 Å². The van der Waals surface area contributed by atoms with Crippen LogP contribution in [0, 0.1) is 24.0 Å². The number of nitrogens with one attached hydrogen (secondary N) is 1. The minimum Gasteiger partial charge on any atom is -0.336 e. The molecule has 0 aromatic heterocycles. The van der Waals surface area contributed by atoms with Gasteiger partial charge in [0, 0.05) is 38.3 Å². The summed E-state index contributed by atoms with van der Waals surface area (Å²) >= 11 is 0. The van der Waals surface area contributed by atoms with E-state index < -0.39 is 20.6 Å². The Balaban J connectivity index is 1.92. The van der Waals surface area contributed by atoms with Crippen molar-refractivity contribution in [2.45, 2.75) is 37.6 Å². The SMILES string of the molecule is Cc1cc([N+](=O)[O-])c(S(=O)(=O)N2CCCC(N3CCNCC3=O)C2)cc1C. The number of aryl methyl sites for hydroxylation is 2. The second-order valence-electron chi connectivity index (χ2n) is 7.08. The lowest BCUT2D eigenvalue weighted by atomic mass is 10.1. The highest BCUT2D eigenvalue weighted by molar-refractivity contribution is 7.89. The van der Waals surface area contributed by atoms with Crippen LogP contribution in [0.1, 0.15) is 24.0 Å². The van der Waals surface area contributed by atoms with E-state index in [-0.39, 0.29) is 29.9 Å². The van der Waals surface area contributed by atoms with E-state index in [4.69, 9.17) is 0 Å². The lowest BCUT2D eigenvalue weighted by Gasteiger charge is -2.40. The van der Waals surface area contributed by atoms with Gasteiger partial charge in [-0.2, -0.15) is 4.31 Å². The van der Waals surface area contributed by atoms with E-state index in [1.807, 2.05) is 0 Å². The quantitative estimate of drug-likeness (QED) is 0.595.